The molecular formula is C12H18N2O3. The fourth-order valence-electron chi connectivity index (χ4n) is 2.72. The summed E-state index contributed by atoms with van der Waals surface area (Å²) in [7, 11) is 3.13. The monoisotopic (exact) mass is 238 g/mol. The molecule has 5 nitrogen and oxygen atoms in total. The van der Waals surface area contributed by atoms with Crippen LogP contribution in [-0.4, -0.2) is 47.7 Å². The summed E-state index contributed by atoms with van der Waals surface area (Å²) in [6.07, 6.45) is -0.568. The van der Waals surface area contributed by atoms with Crippen LogP contribution in [0.3, 0.4) is 0 Å². The molecule has 0 bridgehead atoms. The minimum Gasteiger partial charge on any atom is -0.346 e. The second kappa shape index (κ2) is 3.10. The molecular weight excluding hydrogens is 220 g/mol. The van der Waals surface area contributed by atoms with E-state index < -0.39 is 17.2 Å². The number of carbonyl (C=O) groups is 2. The van der Waals surface area contributed by atoms with Gasteiger partial charge in [-0.1, -0.05) is 6.58 Å². The molecule has 2 heterocycles. The van der Waals surface area contributed by atoms with Gasteiger partial charge in [0.05, 0.1) is 5.60 Å². The van der Waals surface area contributed by atoms with E-state index in [9.17, 15) is 9.59 Å². The van der Waals surface area contributed by atoms with Crippen molar-refractivity contribution in [3.63, 3.8) is 0 Å². The highest BCUT2D eigenvalue weighted by molar-refractivity contribution is 6.02. The molecule has 0 aromatic rings. The summed E-state index contributed by atoms with van der Waals surface area (Å²) in [5.74, 6) is -0.249. The number of ether oxygens (including phenoxy) is 1. The van der Waals surface area contributed by atoms with E-state index in [4.69, 9.17) is 4.74 Å². The number of carbonyl (C=O) groups excluding carboxylic acids is 2. The van der Waals surface area contributed by atoms with Gasteiger partial charge in [-0.05, 0) is 26.3 Å². The number of hydrogen-bond acceptors (Lipinski definition) is 3. The SMILES string of the molecule is C=C1C(C)(C)O[C@@H]2N(C)C(=O)N(C)C(=O)[C@]12C. The molecule has 2 fully saturated rings. The highest BCUT2D eigenvalue weighted by Gasteiger charge is 2.63. The molecule has 2 aliphatic heterocycles. The van der Waals surface area contributed by atoms with Crippen molar-refractivity contribution in [1.29, 1.82) is 0 Å². The maximum absolute atomic E-state index is 12.3. The maximum atomic E-state index is 12.3. The number of urea groups is 1. The summed E-state index contributed by atoms with van der Waals surface area (Å²) in [5, 5.41) is 0. The Morgan fingerprint density at radius 3 is 2.29 bits per heavy atom. The van der Waals surface area contributed by atoms with Gasteiger partial charge >= 0.3 is 6.03 Å². The average molecular weight is 238 g/mol. The van der Waals surface area contributed by atoms with Crippen molar-refractivity contribution in [3.05, 3.63) is 12.2 Å². The molecule has 0 saturated carbocycles. The van der Waals surface area contributed by atoms with Gasteiger partial charge in [-0.2, -0.15) is 0 Å². The molecule has 17 heavy (non-hydrogen) atoms. The van der Waals surface area contributed by atoms with Crippen molar-refractivity contribution in [1.82, 2.24) is 9.80 Å². The normalized spacial score (nSPS) is 36.5. The number of imide groups is 1. The second-order valence-corrected chi connectivity index (χ2v) is 5.42. The van der Waals surface area contributed by atoms with Gasteiger partial charge in [0.25, 0.3) is 0 Å². The second-order valence-electron chi connectivity index (χ2n) is 5.42. The van der Waals surface area contributed by atoms with E-state index in [0.29, 0.717) is 5.57 Å². The van der Waals surface area contributed by atoms with Gasteiger partial charge in [0.15, 0.2) is 6.23 Å². The maximum Gasteiger partial charge on any atom is 0.328 e. The largest absolute Gasteiger partial charge is 0.346 e. The molecule has 2 aliphatic rings. The fourth-order valence-corrected chi connectivity index (χ4v) is 2.72. The van der Waals surface area contributed by atoms with Crippen LogP contribution in [0.15, 0.2) is 12.2 Å². The van der Waals surface area contributed by atoms with Gasteiger partial charge in [0.1, 0.15) is 5.41 Å². The minimum atomic E-state index is -0.860. The number of rotatable bonds is 0. The van der Waals surface area contributed by atoms with Crippen molar-refractivity contribution >= 4 is 11.9 Å². The van der Waals surface area contributed by atoms with Gasteiger partial charge in [-0.15, -0.1) is 0 Å². The molecule has 5 heteroatoms. The van der Waals surface area contributed by atoms with E-state index in [1.165, 1.54) is 11.9 Å². The van der Waals surface area contributed by atoms with E-state index >= 15 is 0 Å². The highest BCUT2D eigenvalue weighted by atomic mass is 16.5. The lowest BCUT2D eigenvalue weighted by molar-refractivity contribution is -0.156. The molecule has 0 aromatic carbocycles. The third kappa shape index (κ3) is 1.23. The van der Waals surface area contributed by atoms with Crippen LogP contribution in [0.4, 0.5) is 4.79 Å². The number of fused-ring (bicyclic) bond motifs is 1. The third-order valence-electron chi connectivity index (χ3n) is 3.94. The van der Waals surface area contributed by atoms with Gasteiger partial charge in [-0.25, -0.2) is 4.79 Å². The smallest absolute Gasteiger partial charge is 0.328 e. The summed E-state index contributed by atoms with van der Waals surface area (Å²) in [6, 6.07) is -0.344. The van der Waals surface area contributed by atoms with E-state index in [1.54, 1.807) is 14.0 Å². The highest BCUT2D eigenvalue weighted by Crippen LogP contribution is 2.51. The van der Waals surface area contributed by atoms with Gasteiger partial charge in [0, 0.05) is 14.1 Å². The van der Waals surface area contributed by atoms with Crippen LogP contribution in [0.25, 0.3) is 0 Å². The van der Waals surface area contributed by atoms with Crippen LogP contribution in [-0.2, 0) is 9.53 Å². The van der Waals surface area contributed by atoms with E-state index in [0.717, 1.165) is 4.90 Å². The van der Waals surface area contributed by atoms with Crippen molar-refractivity contribution in [2.24, 2.45) is 5.41 Å². The molecule has 0 unspecified atom stereocenters. The Labute approximate surface area is 101 Å². The molecule has 0 aliphatic carbocycles. The first-order chi connectivity index (χ1) is 7.64. The lowest BCUT2D eigenvalue weighted by Gasteiger charge is -2.43. The average Bonchev–Trinajstić information content (AvgIpc) is 2.46. The third-order valence-corrected chi connectivity index (χ3v) is 3.94. The first kappa shape index (κ1) is 12.1. The Balaban J connectivity index is 2.56. The summed E-state index contributed by atoms with van der Waals surface area (Å²) >= 11 is 0. The zero-order valence-electron chi connectivity index (χ0n) is 10.9. The molecule has 2 atom stereocenters. The van der Waals surface area contributed by atoms with Gasteiger partial charge in [-0.3, -0.25) is 14.6 Å². The van der Waals surface area contributed by atoms with Crippen LogP contribution in [0.2, 0.25) is 0 Å². The fraction of sp³-hybridized carbons (Fsp3) is 0.667. The Bertz CT molecular complexity index is 429. The standard InChI is InChI=1S/C12H18N2O3/c1-7-11(2,3)17-9-12(7,4)8(15)13(5)10(16)14(9)6/h9H,1H2,2-6H3/t9-,12-/m0/s1. The first-order valence-corrected chi connectivity index (χ1v) is 5.56. The quantitative estimate of drug-likeness (QED) is 0.596. The molecule has 2 saturated heterocycles. The molecule has 2 rings (SSSR count). The molecule has 94 valence electrons. The summed E-state index contributed by atoms with van der Waals surface area (Å²) in [5.41, 5.74) is -0.749. The summed E-state index contributed by atoms with van der Waals surface area (Å²) in [4.78, 5) is 26.8. The number of amides is 3. The van der Waals surface area contributed by atoms with Crippen LogP contribution in [0.1, 0.15) is 20.8 Å². The number of hydrogen-bond donors (Lipinski definition) is 0. The first-order valence-electron chi connectivity index (χ1n) is 5.56. The minimum absolute atomic E-state index is 0.249. The Kier molecular flexibility index (Phi) is 2.21. The van der Waals surface area contributed by atoms with Gasteiger partial charge < -0.3 is 4.74 Å². The topological polar surface area (TPSA) is 49.9 Å². The molecule has 0 N–H and O–H groups in total. The van der Waals surface area contributed by atoms with Crippen LogP contribution in [0.5, 0.6) is 0 Å². The Morgan fingerprint density at radius 2 is 1.76 bits per heavy atom. The molecule has 0 aromatic heterocycles. The van der Waals surface area contributed by atoms with Crippen LogP contribution < -0.4 is 0 Å². The lowest BCUT2D eigenvalue weighted by Crippen LogP contribution is -2.62. The zero-order chi connectivity index (χ0) is 13.2. The zero-order valence-corrected chi connectivity index (χ0v) is 10.9. The van der Waals surface area contributed by atoms with E-state index in [2.05, 4.69) is 6.58 Å². The van der Waals surface area contributed by atoms with Crippen LogP contribution >= 0.6 is 0 Å². The molecule has 0 spiro atoms. The lowest BCUT2D eigenvalue weighted by atomic mass is 9.75. The van der Waals surface area contributed by atoms with E-state index in [-0.39, 0.29) is 11.9 Å². The Hall–Kier alpha value is -1.36. The molecule has 3 amide bonds. The predicted molar refractivity (Wildman–Crippen MR) is 62.1 cm³/mol. The van der Waals surface area contributed by atoms with Crippen molar-refractivity contribution in [2.75, 3.05) is 14.1 Å². The Morgan fingerprint density at radius 1 is 1.24 bits per heavy atom. The van der Waals surface area contributed by atoms with Crippen LogP contribution in [0, 0.1) is 5.41 Å². The predicted octanol–water partition coefficient (Wildman–Crippen LogP) is 1.21. The molecule has 0 radical (unpaired) electrons. The summed E-state index contributed by atoms with van der Waals surface area (Å²) < 4.78 is 5.83. The van der Waals surface area contributed by atoms with Crippen molar-refractivity contribution in [3.8, 4) is 0 Å². The van der Waals surface area contributed by atoms with Crippen molar-refractivity contribution < 1.29 is 14.3 Å². The van der Waals surface area contributed by atoms with Gasteiger partial charge in [0.2, 0.25) is 5.91 Å². The van der Waals surface area contributed by atoms with Crippen molar-refractivity contribution in [2.45, 2.75) is 32.6 Å². The van der Waals surface area contributed by atoms with E-state index in [1.807, 2.05) is 13.8 Å². The number of nitrogens with zero attached hydrogens (tertiary/aromatic N) is 2. The summed E-state index contributed by atoms with van der Waals surface area (Å²) in [6.45, 7) is 9.52.